The molecule has 0 fully saturated rings. The van der Waals surface area contributed by atoms with Crippen molar-refractivity contribution in [2.45, 2.75) is 0 Å². The van der Waals surface area contributed by atoms with Gasteiger partial charge in [-0.15, -0.1) is 0 Å². The van der Waals surface area contributed by atoms with Crippen molar-refractivity contribution in [2.75, 3.05) is 0 Å². The van der Waals surface area contributed by atoms with Gasteiger partial charge in [0.05, 0.1) is 0 Å². The molecule has 0 aliphatic rings. The second-order valence-electron chi connectivity index (χ2n) is 1.86. The van der Waals surface area contributed by atoms with E-state index in [1.807, 2.05) is 18.2 Å². The fourth-order valence-corrected chi connectivity index (χ4v) is 2.11. The van der Waals surface area contributed by atoms with Crippen LogP contribution in [0.4, 0.5) is 0 Å². The molecule has 1 aromatic rings. The molecule has 0 unspecified atom stereocenters. The second-order valence-corrected chi connectivity index (χ2v) is 5.04. The standard InChI is InChI=1S/C7H5O.Hg.H2O/c8-6-7-4-2-1-3-5-7;;/h1-2,4-6H;;1H2. The number of carbonyl (C=O) groups excluding carboxylic acids is 1. The van der Waals surface area contributed by atoms with Crippen LogP contribution < -0.4 is 3.07 Å². The van der Waals surface area contributed by atoms with Crippen molar-refractivity contribution in [3.63, 3.8) is 0 Å². The summed E-state index contributed by atoms with van der Waals surface area (Å²) in [6.45, 7) is 0. The zero-order valence-electron chi connectivity index (χ0n) is 5.50. The normalized spacial score (nSPS) is 8.20. The van der Waals surface area contributed by atoms with Crippen molar-refractivity contribution in [1.29, 1.82) is 0 Å². The molecule has 0 amide bonds. The maximum absolute atomic E-state index is 10.2. The van der Waals surface area contributed by atoms with Gasteiger partial charge in [0.25, 0.3) is 0 Å². The van der Waals surface area contributed by atoms with Crippen molar-refractivity contribution in [3.8, 4) is 0 Å². The van der Waals surface area contributed by atoms with Gasteiger partial charge in [-0.3, -0.25) is 0 Å². The van der Waals surface area contributed by atoms with E-state index in [1.165, 1.54) is 3.07 Å². The molecule has 2 nitrogen and oxygen atoms in total. The van der Waals surface area contributed by atoms with Gasteiger partial charge < -0.3 is 5.48 Å². The molecule has 49 valence electrons. The number of hydrogen-bond acceptors (Lipinski definition) is 1. The number of hydrogen-bond donors (Lipinski definition) is 0. The van der Waals surface area contributed by atoms with E-state index in [-0.39, 0.29) is 5.48 Å². The Morgan fingerprint density at radius 1 is 1.40 bits per heavy atom. The zero-order chi connectivity index (χ0) is 6.69. The van der Waals surface area contributed by atoms with Gasteiger partial charge in [-0.05, 0) is 0 Å². The van der Waals surface area contributed by atoms with E-state index < -0.39 is 0 Å². The topological polar surface area (TPSA) is 48.6 Å². The molecule has 2 N–H and O–H groups in total. The van der Waals surface area contributed by atoms with Crippen LogP contribution in [0.1, 0.15) is 10.4 Å². The summed E-state index contributed by atoms with van der Waals surface area (Å²) < 4.78 is 1.32. The average molecular weight is 324 g/mol. The first-order valence-electron chi connectivity index (χ1n) is 2.70. The predicted molar refractivity (Wildman–Crippen MR) is 35.1 cm³/mol. The molecule has 0 saturated heterocycles. The SMILES string of the molecule is O.O=Cc1ccc[c]([Hg])c1. The summed E-state index contributed by atoms with van der Waals surface area (Å²) in [5.41, 5.74) is 0.794. The molecule has 3 heteroatoms. The summed E-state index contributed by atoms with van der Waals surface area (Å²) in [4.78, 5) is 10.2. The fourth-order valence-electron chi connectivity index (χ4n) is 0.666. The van der Waals surface area contributed by atoms with Gasteiger partial charge in [0.1, 0.15) is 0 Å². The van der Waals surface area contributed by atoms with E-state index >= 15 is 0 Å². The Morgan fingerprint density at radius 3 is 2.50 bits per heavy atom. The van der Waals surface area contributed by atoms with Crippen LogP contribution in [0.2, 0.25) is 0 Å². The van der Waals surface area contributed by atoms with Crippen LogP contribution in [-0.2, 0) is 26.1 Å². The minimum absolute atomic E-state index is 0. The van der Waals surface area contributed by atoms with Crippen LogP contribution in [0.15, 0.2) is 24.3 Å². The third-order valence-corrected chi connectivity index (χ3v) is 2.80. The van der Waals surface area contributed by atoms with Gasteiger partial charge in [0.15, 0.2) is 0 Å². The first kappa shape index (κ1) is 9.79. The number of aldehydes is 1. The molecule has 0 spiro atoms. The van der Waals surface area contributed by atoms with E-state index in [2.05, 4.69) is 6.07 Å². The molecule has 1 rings (SSSR count). The molecule has 0 aliphatic heterocycles. The Labute approximate surface area is 75.5 Å². The van der Waals surface area contributed by atoms with E-state index in [0.717, 1.165) is 11.8 Å². The summed E-state index contributed by atoms with van der Waals surface area (Å²) >= 11 is 0.639. The molecule has 0 heterocycles. The van der Waals surface area contributed by atoms with Crippen LogP contribution in [-0.4, -0.2) is 11.8 Å². The summed E-state index contributed by atoms with van der Waals surface area (Å²) in [6, 6.07) is 7.74. The van der Waals surface area contributed by atoms with Gasteiger partial charge in [0.2, 0.25) is 0 Å². The summed E-state index contributed by atoms with van der Waals surface area (Å²) in [5, 5.41) is 0. The molecule has 0 aliphatic carbocycles. The zero-order valence-corrected chi connectivity index (χ0v) is 11.0. The van der Waals surface area contributed by atoms with E-state index in [0.29, 0.717) is 26.1 Å². The van der Waals surface area contributed by atoms with Crippen molar-refractivity contribution in [3.05, 3.63) is 29.8 Å². The third kappa shape index (κ3) is 2.58. The predicted octanol–water partition coefficient (Wildman–Crippen LogP) is -0.153. The minimum atomic E-state index is 0. The first-order valence-corrected chi connectivity index (χ1v) is 5.45. The van der Waals surface area contributed by atoms with E-state index in [9.17, 15) is 4.79 Å². The van der Waals surface area contributed by atoms with Crippen molar-refractivity contribution < 1.29 is 36.4 Å². The van der Waals surface area contributed by atoms with Crippen LogP contribution in [0.5, 0.6) is 0 Å². The Balaban J connectivity index is 0.000000810. The molecule has 0 atom stereocenters. The molecule has 0 aromatic heterocycles. The van der Waals surface area contributed by atoms with E-state index in [4.69, 9.17) is 0 Å². The van der Waals surface area contributed by atoms with Crippen LogP contribution >= 0.6 is 0 Å². The first-order chi connectivity index (χ1) is 4.33. The van der Waals surface area contributed by atoms with Crippen LogP contribution in [0.3, 0.4) is 0 Å². The Hall–Kier alpha value is -0.215. The molecule has 1 aromatic carbocycles. The van der Waals surface area contributed by atoms with Crippen molar-refractivity contribution >= 4 is 9.36 Å². The van der Waals surface area contributed by atoms with Crippen molar-refractivity contribution in [1.82, 2.24) is 0 Å². The molecule has 0 bridgehead atoms. The van der Waals surface area contributed by atoms with Gasteiger partial charge in [-0.1, -0.05) is 0 Å². The van der Waals surface area contributed by atoms with Gasteiger partial charge >= 0.3 is 70.1 Å². The molecular weight excluding hydrogens is 317 g/mol. The molecule has 10 heavy (non-hydrogen) atoms. The Morgan fingerprint density at radius 2 is 2.10 bits per heavy atom. The van der Waals surface area contributed by atoms with Gasteiger partial charge in [0, 0.05) is 0 Å². The van der Waals surface area contributed by atoms with Crippen LogP contribution in [0.25, 0.3) is 0 Å². The summed E-state index contributed by atoms with van der Waals surface area (Å²) in [6.07, 6.45) is 0.885. The average Bonchev–Trinajstić information content (AvgIpc) is 1.88. The summed E-state index contributed by atoms with van der Waals surface area (Å²) in [5.74, 6) is 0. The maximum atomic E-state index is 10.2. The van der Waals surface area contributed by atoms with Crippen LogP contribution in [0, 0.1) is 0 Å². The van der Waals surface area contributed by atoms with Crippen molar-refractivity contribution in [2.24, 2.45) is 0 Å². The van der Waals surface area contributed by atoms with Gasteiger partial charge in [-0.25, -0.2) is 0 Å². The Bertz CT molecular complexity index is 223. The quantitative estimate of drug-likeness (QED) is 0.524. The Kier molecular flexibility index (Phi) is 4.48. The summed E-state index contributed by atoms with van der Waals surface area (Å²) in [7, 11) is 0. The van der Waals surface area contributed by atoms with E-state index in [1.54, 1.807) is 0 Å². The monoisotopic (exact) mass is 325 g/mol. The molecule has 0 saturated carbocycles. The van der Waals surface area contributed by atoms with Gasteiger partial charge in [-0.2, -0.15) is 0 Å². The number of carbonyl (C=O) groups is 1. The number of benzene rings is 1. The second kappa shape index (κ2) is 4.58. The molecular formula is C7H7HgO2. The number of rotatable bonds is 1. The molecule has 0 radical (unpaired) electrons. The third-order valence-electron chi connectivity index (χ3n) is 1.09. The fraction of sp³-hybridized carbons (Fsp3) is 0.